The number of aryl methyl sites for hydroxylation is 1. The van der Waals surface area contributed by atoms with Gasteiger partial charge in [-0.15, -0.1) is 0 Å². The van der Waals surface area contributed by atoms with E-state index in [0.717, 1.165) is 16.8 Å². The van der Waals surface area contributed by atoms with E-state index < -0.39 is 12.5 Å². The fraction of sp³-hybridized carbons (Fsp3) is 0.261. The summed E-state index contributed by atoms with van der Waals surface area (Å²) >= 11 is 0. The first-order chi connectivity index (χ1) is 16.4. The molecule has 11 heteroatoms. The second kappa shape index (κ2) is 10.2. The smallest absolute Gasteiger partial charge is 0.308 e. The van der Waals surface area contributed by atoms with E-state index in [9.17, 15) is 13.6 Å². The number of alkyl halides is 2. The summed E-state index contributed by atoms with van der Waals surface area (Å²) in [7, 11) is 0. The summed E-state index contributed by atoms with van der Waals surface area (Å²) in [6.07, 6.45) is 7.62. The van der Waals surface area contributed by atoms with Gasteiger partial charge in [-0.1, -0.05) is 23.8 Å². The predicted octanol–water partition coefficient (Wildman–Crippen LogP) is 2.15. The van der Waals surface area contributed by atoms with Crippen LogP contribution in [0.1, 0.15) is 16.8 Å². The molecule has 0 atom stereocenters. The third-order valence-corrected chi connectivity index (χ3v) is 5.12. The van der Waals surface area contributed by atoms with Gasteiger partial charge in [0.25, 0.3) is 0 Å². The third-order valence-electron chi connectivity index (χ3n) is 5.12. The number of halogens is 2. The minimum atomic E-state index is -3.19. The summed E-state index contributed by atoms with van der Waals surface area (Å²) in [5.41, 5.74) is 2.45. The third kappa shape index (κ3) is 5.80. The fourth-order valence-electron chi connectivity index (χ4n) is 3.43. The number of nitrogens with zero attached hydrogens (tertiary/aromatic N) is 6. The molecule has 0 saturated carbocycles. The molecule has 1 amide bonds. The summed E-state index contributed by atoms with van der Waals surface area (Å²) in [6, 6.07) is 10.2. The maximum absolute atomic E-state index is 14.3. The molecule has 3 heterocycles. The Balaban J connectivity index is 1.33. The highest BCUT2D eigenvalue weighted by molar-refractivity contribution is 5.87. The average Bonchev–Trinajstić information content (AvgIpc) is 3.37. The first kappa shape index (κ1) is 23.0. The van der Waals surface area contributed by atoms with Gasteiger partial charge in [0.05, 0.1) is 18.8 Å². The molecule has 0 spiro atoms. The van der Waals surface area contributed by atoms with E-state index >= 15 is 0 Å². The summed E-state index contributed by atoms with van der Waals surface area (Å²) in [5, 5.41) is 9.92. The molecule has 0 radical (unpaired) electrons. The second-order valence-corrected chi connectivity index (χ2v) is 7.80. The number of carbonyl (C=O) groups is 1. The number of carbonyl (C=O) groups excluding carboxylic acids is 1. The van der Waals surface area contributed by atoms with E-state index in [-0.39, 0.29) is 24.7 Å². The number of pyridine rings is 1. The van der Waals surface area contributed by atoms with E-state index in [1.807, 2.05) is 25.1 Å². The van der Waals surface area contributed by atoms with Crippen molar-refractivity contribution in [1.82, 2.24) is 35.3 Å². The van der Waals surface area contributed by atoms with Gasteiger partial charge < -0.3 is 15.5 Å². The zero-order chi connectivity index (χ0) is 24.0. The van der Waals surface area contributed by atoms with Gasteiger partial charge in [0.15, 0.2) is 0 Å². The Kier molecular flexibility index (Phi) is 6.90. The first-order valence-corrected chi connectivity index (χ1v) is 10.6. The summed E-state index contributed by atoms with van der Waals surface area (Å²) in [5.74, 6) is -3.05. The van der Waals surface area contributed by atoms with Crippen molar-refractivity contribution >= 4 is 11.7 Å². The lowest BCUT2D eigenvalue weighted by Crippen LogP contribution is -2.42. The van der Waals surface area contributed by atoms with Crippen molar-refractivity contribution in [2.75, 3.05) is 19.6 Å². The predicted molar refractivity (Wildman–Crippen MR) is 122 cm³/mol. The highest BCUT2D eigenvalue weighted by Crippen LogP contribution is 2.26. The molecule has 0 aliphatic carbocycles. The van der Waals surface area contributed by atoms with Gasteiger partial charge in [0.2, 0.25) is 5.91 Å². The largest absolute Gasteiger partial charge is 0.359 e. The van der Waals surface area contributed by atoms with Crippen molar-refractivity contribution in [2.45, 2.75) is 19.4 Å². The number of hydrogen-bond donors (Lipinski definition) is 2. The van der Waals surface area contributed by atoms with E-state index in [0.29, 0.717) is 12.4 Å². The lowest BCUT2D eigenvalue weighted by molar-refractivity contribution is -0.121. The summed E-state index contributed by atoms with van der Waals surface area (Å²) in [4.78, 5) is 26.0. The van der Waals surface area contributed by atoms with Crippen molar-refractivity contribution in [2.24, 2.45) is 4.99 Å². The van der Waals surface area contributed by atoms with Crippen LogP contribution in [0.15, 0.2) is 72.6 Å². The number of amides is 1. The Morgan fingerprint density at radius 3 is 2.94 bits per heavy atom. The van der Waals surface area contributed by atoms with E-state index in [2.05, 4.69) is 30.7 Å². The fourth-order valence-corrected chi connectivity index (χ4v) is 3.43. The molecule has 176 valence electrons. The number of amidine groups is 1. The average molecular weight is 466 g/mol. The molecule has 9 nitrogen and oxygen atoms in total. The zero-order valence-corrected chi connectivity index (χ0v) is 18.5. The molecule has 0 saturated heterocycles. The molecule has 34 heavy (non-hydrogen) atoms. The lowest BCUT2D eigenvalue weighted by Gasteiger charge is -2.25. The molecule has 2 aromatic heterocycles. The number of hydrogen-bond acceptors (Lipinski definition) is 6. The van der Waals surface area contributed by atoms with Gasteiger partial charge in [-0.25, -0.2) is 9.67 Å². The molecule has 1 aromatic carbocycles. The second-order valence-electron chi connectivity index (χ2n) is 7.80. The normalized spacial score (nSPS) is 14.8. The lowest BCUT2D eigenvalue weighted by atomic mass is 10.1. The van der Waals surface area contributed by atoms with E-state index in [4.69, 9.17) is 0 Å². The standard InChI is InChI=1S/C23H24F2N8O/c1-17-5-6-19(33-16-26-15-31-33)18(10-17)11-29-22(34)13-32-9-8-28-21(12-32)30-14-23(24,25)20-4-2-3-7-27-20/h2-10,15-16H,11-14H2,1H3,(H,28,30)(H,29,34). The van der Waals surface area contributed by atoms with Gasteiger partial charge in [-0.3, -0.25) is 14.8 Å². The summed E-state index contributed by atoms with van der Waals surface area (Å²) < 4.78 is 30.3. The van der Waals surface area contributed by atoms with Gasteiger partial charge in [0, 0.05) is 25.1 Å². The Hall–Kier alpha value is -4.15. The van der Waals surface area contributed by atoms with Gasteiger partial charge in [-0.05, 0) is 30.7 Å². The van der Waals surface area contributed by atoms with E-state index in [1.165, 1.54) is 24.7 Å². The Morgan fingerprint density at radius 1 is 1.29 bits per heavy atom. The zero-order valence-electron chi connectivity index (χ0n) is 18.5. The van der Waals surface area contributed by atoms with Crippen LogP contribution in [-0.4, -0.2) is 56.0 Å². The van der Waals surface area contributed by atoms with Crippen LogP contribution in [0.5, 0.6) is 0 Å². The summed E-state index contributed by atoms with van der Waals surface area (Å²) in [6.45, 7) is 1.80. The number of benzene rings is 1. The molecule has 0 bridgehead atoms. The van der Waals surface area contributed by atoms with Crippen LogP contribution < -0.4 is 10.6 Å². The van der Waals surface area contributed by atoms with Crippen molar-refractivity contribution < 1.29 is 13.6 Å². The molecule has 2 N–H and O–H groups in total. The number of aromatic nitrogens is 4. The quantitative estimate of drug-likeness (QED) is 0.528. The molecular formula is C23H24F2N8O. The molecule has 0 fully saturated rings. The van der Waals surface area contributed by atoms with Crippen LogP contribution in [0, 0.1) is 6.92 Å². The van der Waals surface area contributed by atoms with Crippen LogP contribution in [0.2, 0.25) is 0 Å². The van der Waals surface area contributed by atoms with Crippen LogP contribution in [0.4, 0.5) is 8.78 Å². The maximum Gasteiger partial charge on any atom is 0.308 e. The molecule has 1 aliphatic rings. The van der Waals surface area contributed by atoms with Crippen molar-refractivity contribution in [3.63, 3.8) is 0 Å². The minimum Gasteiger partial charge on any atom is -0.359 e. The highest BCUT2D eigenvalue weighted by Gasteiger charge is 2.33. The van der Waals surface area contributed by atoms with Crippen LogP contribution in [0.25, 0.3) is 5.69 Å². The molecular weight excluding hydrogens is 442 g/mol. The van der Waals surface area contributed by atoms with Crippen molar-refractivity contribution in [1.29, 1.82) is 0 Å². The topological polar surface area (TPSA) is 100 Å². The Morgan fingerprint density at radius 2 is 2.18 bits per heavy atom. The van der Waals surface area contributed by atoms with Gasteiger partial charge in [-0.2, -0.15) is 13.9 Å². The molecule has 4 rings (SSSR count). The number of rotatable bonds is 8. The van der Waals surface area contributed by atoms with Crippen LogP contribution in [0.3, 0.4) is 0 Å². The molecule has 1 aliphatic heterocycles. The molecule has 3 aromatic rings. The van der Waals surface area contributed by atoms with Crippen LogP contribution >= 0.6 is 0 Å². The minimum absolute atomic E-state index is 0.0539. The monoisotopic (exact) mass is 466 g/mol. The van der Waals surface area contributed by atoms with Gasteiger partial charge >= 0.3 is 5.92 Å². The maximum atomic E-state index is 14.3. The highest BCUT2D eigenvalue weighted by atomic mass is 19.3. The Labute approximate surface area is 195 Å². The molecule has 0 unspecified atom stereocenters. The van der Waals surface area contributed by atoms with Crippen LogP contribution in [-0.2, 0) is 17.3 Å². The van der Waals surface area contributed by atoms with Gasteiger partial charge in [0.1, 0.15) is 30.7 Å². The van der Waals surface area contributed by atoms with Crippen molar-refractivity contribution in [3.8, 4) is 5.69 Å². The van der Waals surface area contributed by atoms with Crippen molar-refractivity contribution in [3.05, 3.63) is 84.5 Å². The SMILES string of the molecule is Cc1ccc(-n2cncn2)c(CNC(=O)CN2C=CNC(=NCC(F)(F)c3ccccn3)C2)c1. The van der Waals surface area contributed by atoms with E-state index in [1.54, 1.807) is 34.4 Å². The first-order valence-electron chi connectivity index (χ1n) is 10.6. The number of aliphatic imine (C=N–C) groups is 1. The number of nitrogens with one attached hydrogen (secondary N) is 2. The Bertz CT molecular complexity index is 1180.